The second kappa shape index (κ2) is 11.4. The zero-order chi connectivity index (χ0) is 27.4. The second-order valence-corrected chi connectivity index (χ2v) is 9.25. The summed E-state index contributed by atoms with van der Waals surface area (Å²) >= 11 is 1.20. The molecular weight excluding hydrogens is 508 g/mol. The van der Waals surface area contributed by atoms with Gasteiger partial charge in [-0.25, -0.2) is 9.79 Å². The highest BCUT2D eigenvalue weighted by Crippen LogP contribution is 2.36. The number of aromatic hydroxyl groups is 1. The van der Waals surface area contributed by atoms with Gasteiger partial charge >= 0.3 is 5.97 Å². The summed E-state index contributed by atoms with van der Waals surface area (Å²) in [5, 5.41) is 9.92. The first-order valence-electron chi connectivity index (χ1n) is 11.8. The molecule has 4 rings (SSSR count). The molecule has 1 N–H and O–H groups in total. The van der Waals surface area contributed by atoms with Gasteiger partial charge in [0.05, 0.1) is 42.7 Å². The number of thiazole rings is 1. The Labute approximate surface area is 223 Å². The van der Waals surface area contributed by atoms with Gasteiger partial charge < -0.3 is 24.1 Å². The van der Waals surface area contributed by atoms with Crippen molar-refractivity contribution < 1.29 is 28.8 Å². The van der Waals surface area contributed by atoms with Crippen LogP contribution in [0.5, 0.6) is 23.0 Å². The Morgan fingerprint density at radius 1 is 1.16 bits per heavy atom. The van der Waals surface area contributed by atoms with Gasteiger partial charge in [0, 0.05) is 0 Å². The minimum atomic E-state index is -0.802. The van der Waals surface area contributed by atoms with Crippen molar-refractivity contribution in [1.29, 1.82) is 0 Å². The minimum Gasteiger partial charge on any atom is -0.504 e. The molecule has 10 heteroatoms. The van der Waals surface area contributed by atoms with Crippen LogP contribution in [-0.2, 0) is 9.53 Å². The van der Waals surface area contributed by atoms with Crippen molar-refractivity contribution in [2.45, 2.75) is 19.9 Å². The number of carbonyl (C=O) groups is 1. The number of allylic oxidation sites excluding steroid dienone is 1. The molecule has 3 aromatic rings. The third-order valence-corrected chi connectivity index (χ3v) is 6.86. The first-order valence-corrected chi connectivity index (χ1v) is 12.6. The zero-order valence-electron chi connectivity index (χ0n) is 21.5. The monoisotopic (exact) mass is 536 g/mol. The smallest absolute Gasteiger partial charge is 0.338 e. The number of hydrogen-bond acceptors (Lipinski definition) is 9. The van der Waals surface area contributed by atoms with Crippen molar-refractivity contribution in [3.8, 4) is 23.0 Å². The molecule has 2 heterocycles. The molecule has 9 nitrogen and oxygen atoms in total. The van der Waals surface area contributed by atoms with E-state index in [1.54, 1.807) is 56.3 Å². The first-order chi connectivity index (χ1) is 18.3. The van der Waals surface area contributed by atoms with Crippen molar-refractivity contribution >= 4 is 23.4 Å². The molecule has 0 radical (unpaired) electrons. The number of phenolic OH excluding ortho intramolecular Hbond substituents is 1. The van der Waals surface area contributed by atoms with Gasteiger partial charge in [-0.15, -0.1) is 0 Å². The molecule has 0 bridgehead atoms. The first kappa shape index (κ1) is 26.7. The summed E-state index contributed by atoms with van der Waals surface area (Å²) in [6.45, 7) is 7.57. The molecule has 0 spiro atoms. The van der Waals surface area contributed by atoms with Crippen LogP contribution in [0.25, 0.3) is 6.08 Å². The SMILES string of the molecule is C=CCOc1ccc(C2C(C(=O)OCC)=C(C)N=c3sc(=Cc4ccc(O)c(OC)c4)c(=O)n32)cc1OC. The Balaban J connectivity index is 1.93. The number of ether oxygens (including phenoxy) is 4. The minimum absolute atomic E-state index is 0.00437. The average Bonchev–Trinajstić information content (AvgIpc) is 3.21. The molecule has 0 saturated heterocycles. The van der Waals surface area contributed by atoms with Crippen molar-refractivity contribution in [2.75, 3.05) is 27.4 Å². The van der Waals surface area contributed by atoms with Gasteiger partial charge in [0.25, 0.3) is 5.56 Å². The molecule has 38 heavy (non-hydrogen) atoms. The number of benzene rings is 2. The van der Waals surface area contributed by atoms with Crippen LogP contribution in [0.2, 0.25) is 0 Å². The number of carbonyl (C=O) groups excluding carboxylic acids is 1. The van der Waals surface area contributed by atoms with E-state index in [9.17, 15) is 14.7 Å². The Morgan fingerprint density at radius 2 is 1.92 bits per heavy atom. The molecule has 1 aliphatic rings. The second-order valence-electron chi connectivity index (χ2n) is 8.24. The molecule has 2 aromatic carbocycles. The van der Waals surface area contributed by atoms with Gasteiger partial charge in [-0.1, -0.05) is 36.1 Å². The van der Waals surface area contributed by atoms with Crippen LogP contribution in [-0.4, -0.2) is 43.1 Å². The quantitative estimate of drug-likeness (QED) is 0.331. The molecule has 1 unspecified atom stereocenters. The molecule has 0 amide bonds. The third-order valence-electron chi connectivity index (χ3n) is 5.88. The van der Waals surface area contributed by atoms with Gasteiger partial charge in [-0.2, -0.15) is 0 Å². The van der Waals surface area contributed by atoms with E-state index in [-0.39, 0.29) is 29.2 Å². The fraction of sp³-hybridized carbons (Fsp3) is 0.250. The number of fused-ring (bicyclic) bond motifs is 1. The Morgan fingerprint density at radius 3 is 2.61 bits per heavy atom. The van der Waals surface area contributed by atoms with Crippen molar-refractivity contribution in [3.05, 3.63) is 91.1 Å². The average molecular weight is 537 g/mol. The summed E-state index contributed by atoms with van der Waals surface area (Å²) in [4.78, 5) is 31.9. The highest BCUT2D eigenvalue weighted by atomic mass is 32.1. The van der Waals surface area contributed by atoms with Crippen LogP contribution in [0, 0.1) is 0 Å². The number of aromatic nitrogens is 1. The standard InChI is InChI=1S/C28H28N2O7S/c1-6-12-37-20-11-9-18(15-22(20)35-5)25-24(27(33)36-7-2)16(3)29-28-30(25)26(32)23(38-28)14-17-8-10-19(31)21(13-17)34-4/h6,8-11,13-15,25,31H,1,7,12H2,2-5H3. The van der Waals surface area contributed by atoms with E-state index in [0.717, 1.165) is 0 Å². The predicted octanol–water partition coefficient (Wildman–Crippen LogP) is 3.09. The van der Waals surface area contributed by atoms with E-state index >= 15 is 0 Å². The van der Waals surface area contributed by atoms with Gasteiger partial charge in [-0.05, 0) is 55.3 Å². The number of esters is 1. The largest absolute Gasteiger partial charge is 0.504 e. The zero-order valence-corrected chi connectivity index (χ0v) is 22.3. The lowest BCUT2D eigenvalue weighted by molar-refractivity contribution is -0.139. The lowest BCUT2D eigenvalue weighted by atomic mass is 9.95. The Kier molecular flexibility index (Phi) is 8.02. The number of methoxy groups -OCH3 is 2. The van der Waals surface area contributed by atoms with Crippen LogP contribution in [0.3, 0.4) is 0 Å². The molecular formula is C28H28N2O7S. The summed E-state index contributed by atoms with van der Waals surface area (Å²) in [6, 6.07) is 9.26. The lowest BCUT2D eigenvalue weighted by Crippen LogP contribution is -2.40. The maximum Gasteiger partial charge on any atom is 0.338 e. The van der Waals surface area contributed by atoms with Gasteiger partial charge in [0.1, 0.15) is 6.61 Å². The molecule has 1 aromatic heterocycles. The maximum atomic E-state index is 13.8. The van der Waals surface area contributed by atoms with E-state index in [0.29, 0.717) is 44.3 Å². The summed E-state index contributed by atoms with van der Waals surface area (Å²) in [7, 11) is 2.97. The molecule has 0 aliphatic carbocycles. The van der Waals surface area contributed by atoms with Gasteiger partial charge in [0.15, 0.2) is 27.8 Å². The van der Waals surface area contributed by atoms with E-state index in [1.807, 2.05) is 0 Å². The van der Waals surface area contributed by atoms with Crippen molar-refractivity contribution in [2.24, 2.45) is 4.99 Å². The Bertz CT molecular complexity index is 1600. The van der Waals surface area contributed by atoms with Crippen LogP contribution in [0.1, 0.15) is 31.0 Å². The van der Waals surface area contributed by atoms with E-state index < -0.39 is 12.0 Å². The van der Waals surface area contributed by atoms with E-state index in [1.165, 1.54) is 36.2 Å². The topological polar surface area (TPSA) is 109 Å². The van der Waals surface area contributed by atoms with Gasteiger partial charge in [0.2, 0.25) is 0 Å². The summed E-state index contributed by atoms with van der Waals surface area (Å²) in [5.74, 6) is 0.678. The molecule has 198 valence electrons. The van der Waals surface area contributed by atoms with Crippen LogP contribution < -0.4 is 29.1 Å². The van der Waals surface area contributed by atoms with Crippen LogP contribution in [0.4, 0.5) is 0 Å². The summed E-state index contributed by atoms with van der Waals surface area (Å²) < 4.78 is 23.7. The van der Waals surface area contributed by atoms with Crippen LogP contribution >= 0.6 is 11.3 Å². The molecule has 0 fully saturated rings. The fourth-order valence-electron chi connectivity index (χ4n) is 4.16. The van der Waals surface area contributed by atoms with Gasteiger partial charge in [-0.3, -0.25) is 9.36 Å². The number of rotatable bonds is 9. The van der Waals surface area contributed by atoms with Crippen molar-refractivity contribution in [3.63, 3.8) is 0 Å². The van der Waals surface area contributed by atoms with E-state index in [4.69, 9.17) is 18.9 Å². The Hall–Kier alpha value is -4.31. The molecule has 1 aliphatic heterocycles. The fourth-order valence-corrected chi connectivity index (χ4v) is 5.21. The highest BCUT2D eigenvalue weighted by molar-refractivity contribution is 7.07. The van der Waals surface area contributed by atoms with Crippen molar-refractivity contribution in [1.82, 2.24) is 4.57 Å². The number of phenols is 1. The molecule has 1 atom stereocenters. The number of hydrogen-bond donors (Lipinski definition) is 1. The lowest BCUT2D eigenvalue weighted by Gasteiger charge is -2.25. The number of nitrogens with zero attached hydrogens (tertiary/aromatic N) is 2. The predicted molar refractivity (Wildman–Crippen MR) is 144 cm³/mol. The highest BCUT2D eigenvalue weighted by Gasteiger charge is 2.34. The molecule has 0 saturated carbocycles. The van der Waals surface area contributed by atoms with E-state index in [2.05, 4.69) is 11.6 Å². The summed E-state index contributed by atoms with van der Waals surface area (Å²) in [6.07, 6.45) is 3.32. The summed E-state index contributed by atoms with van der Waals surface area (Å²) in [5.41, 5.74) is 1.68. The normalized spacial score (nSPS) is 14.9. The maximum absolute atomic E-state index is 13.8. The third kappa shape index (κ3) is 5.08. The van der Waals surface area contributed by atoms with Crippen LogP contribution in [0.15, 0.2) is 70.1 Å².